The number of aromatic nitrogens is 2. The molecular weight excluding hydrogens is 528 g/mol. The fourth-order valence-electron chi connectivity index (χ4n) is 4.37. The predicted octanol–water partition coefficient (Wildman–Crippen LogP) is 2.73. The molecule has 2 heterocycles. The maximum Gasteiger partial charge on any atom is 0.345 e. The molecule has 1 aromatic rings. The minimum Gasteiger partial charge on any atom is -0.393 e. The average Bonchev–Trinajstić information content (AvgIpc) is 3.35. The normalized spacial score (nSPS) is 22.6. The summed E-state index contributed by atoms with van der Waals surface area (Å²) in [6.07, 6.45) is 5.68. The van der Waals surface area contributed by atoms with Crippen molar-refractivity contribution in [1.29, 1.82) is 0 Å². The Kier molecular flexibility index (Phi) is 11.8. The molecule has 0 unspecified atom stereocenters. The van der Waals surface area contributed by atoms with Crippen LogP contribution in [0, 0.1) is 5.92 Å². The molecule has 0 aromatic carbocycles. The van der Waals surface area contributed by atoms with Crippen LogP contribution < -0.4 is 10.6 Å². The number of nitrogens with zero attached hydrogens (tertiary/aromatic N) is 4. The molecule has 15 heteroatoms. The Morgan fingerprint density at radius 2 is 1.90 bits per heavy atom. The number of nitrogens with one attached hydrogen (secondary N) is 2. The molecule has 3 rings (SSSR count). The molecule has 1 aliphatic heterocycles. The summed E-state index contributed by atoms with van der Waals surface area (Å²) in [5.74, 6) is -0.612. The Morgan fingerprint density at radius 1 is 1.18 bits per heavy atom. The number of hydrogen-bond donors (Lipinski definition) is 3. The van der Waals surface area contributed by atoms with Crippen LogP contribution in [0.15, 0.2) is 11.2 Å². The van der Waals surface area contributed by atoms with Crippen LogP contribution in [0.25, 0.3) is 0 Å². The average molecular weight is 563 g/mol. The molecule has 0 spiro atoms. The number of likely N-dealkylation sites (tertiary alicyclic amines) is 1. The second-order valence-corrected chi connectivity index (χ2v) is 9.60. The van der Waals surface area contributed by atoms with E-state index in [1.807, 2.05) is 0 Å². The molecule has 1 saturated heterocycles. The summed E-state index contributed by atoms with van der Waals surface area (Å²) in [6, 6.07) is -0.929. The van der Waals surface area contributed by atoms with Crippen LogP contribution in [0.3, 0.4) is 0 Å². The number of aliphatic imine (C=N–C) groups is 1. The molecule has 0 radical (unpaired) electrons. The number of rotatable bonds is 13. The Morgan fingerprint density at radius 3 is 2.59 bits per heavy atom. The number of amides is 2. The predicted molar refractivity (Wildman–Crippen MR) is 132 cm³/mol. The summed E-state index contributed by atoms with van der Waals surface area (Å²) in [4.78, 5) is 39.7. The number of hydrogen-bond acceptors (Lipinski definition) is 9. The Balaban J connectivity index is 1.66. The Hall–Kier alpha value is -2.91. The van der Waals surface area contributed by atoms with Gasteiger partial charge in [-0.1, -0.05) is 0 Å². The topological polar surface area (TPSA) is 138 Å². The minimum atomic E-state index is -2.94. The van der Waals surface area contributed by atoms with Crippen molar-refractivity contribution in [3.63, 3.8) is 0 Å². The lowest BCUT2D eigenvalue weighted by atomic mass is 9.88. The molecule has 1 aromatic heterocycles. The van der Waals surface area contributed by atoms with Gasteiger partial charge < -0.3 is 30.1 Å². The molecule has 2 atom stereocenters. The number of carbonyl (C=O) groups excluding carboxylic acids is 2. The number of ether oxygens (including phenoxy) is 2. The highest BCUT2D eigenvalue weighted by Gasteiger charge is 2.28. The molecule has 1 aliphatic carbocycles. The van der Waals surface area contributed by atoms with Crippen LogP contribution in [0.2, 0.25) is 0 Å². The molecule has 1 saturated carbocycles. The number of aliphatic hydroxyl groups is 1. The van der Waals surface area contributed by atoms with E-state index >= 15 is 0 Å². The van der Waals surface area contributed by atoms with Crippen LogP contribution in [-0.4, -0.2) is 95.7 Å². The van der Waals surface area contributed by atoms with E-state index in [9.17, 15) is 32.3 Å². The van der Waals surface area contributed by atoms with Crippen molar-refractivity contribution >= 4 is 29.8 Å². The van der Waals surface area contributed by atoms with E-state index in [0.717, 1.165) is 12.8 Å². The highest BCUT2D eigenvalue weighted by Crippen LogP contribution is 2.25. The monoisotopic (exact) mass is 562 g/mol. The lowest BCUT2D eigenvalue weighted by Crippen LogP contribution is -2.38. The molecule has 2 amide bonds. The third-order valence-corrected chi connectivity index (χ3v) is 6.45. The van der Waals surface area contributed by atoms with Crippen molar-refractivity contribution in [3.8, 4) is 0 Å². The highest BCUT2D eigenvalue weighted by molar-refractivity contribution is 5.98. The Labute approximate surface area is 223 Å². The molecule has 0 bridgehead atoms. The standard InChI is InChI=1S/C24H34F4N6O5/c1-14(13-39-23(27)28)31-24-30-11-18(20(33-24)29-10-15-2-4-17(35)5-3-15)21(37)32-16-6-8-34(12-16)19(36)7-9-38-22(25)26/h10-11,14-17,22-23,35H,2-9,12-13H2,1H3,(H,32,37)(H,30,31,33)/b29-10-/t14-,15?,16-,17?/m0/s1. The molecular formula is C24H34F4N6O5. The van der Waals surface area contributed by atoms with Gasteiger partial charge in [-0.3, -0.25) is 9.59 Å². The first-order valence-corrected chi connectivity index (χ1v) is 12.8. The minimum absolute atomic E-state index is 0.0757. The van der Waals surface area contributed by atoms with Crippen LogP contribution in [0.5, 0.6) is 0 Å². The number of halogens is 4. The first-order chi connectivity index (χ1) is 18.6. The smallest absolute Gasteiger partial charge is 0.345 e. The zero-order valence-corrected chi connectivity index (χ0v) is 21.6. The van der Waals surface area contributed by atoms with Crippen LogP contribution >= 0.6 is 0 Å². The summed E-state index contributed by atoms with van der Waals surface area (Å²) in [5, 5.41) is 15.4. The molecule has 2 aliphatic rings. The van der Waals surface area contributed by atoms with Gasteiger partial charge in [0.1, 0.15) is 5.56 Å². The van der Waals surface area contributed by atoms with Crippen molar-refractivity contribution in [2.75, 3.05) is 31.6 Å². The highest BCUT2D eigenvalue weighted by atomic mass is 19.3. The van der Waals surface area contributed by atoms with Crippen LogP contribution in [0.1, 0.15) is 55.8 Å². The van der Waals surface area contributed by atoms with E-state index < -0.39 is 31.8 Å². The maximum absolute atomic E-state index is 13.1. The fraction of sp³-hybridized carbons (Fsp3) is 0.708. The molecule has 3 N–H and O–H groups in total. The van der Waals surface area contributed by atoms with Gasteiger partial charge in [0.2, 0.25) is 11.9 Å². The first kappa shape index (κ1) is 30.6. The largest absolute Gasteiger partial charge is 0.393 e. The van der Waals surface area contributed by atoms with Gasteiger partial charge in [0.05, 0.1) is 25.7 Å². The number of carbonyl (C=O) groups is 2. The summed E-state index contributed by atoms with van der Waals surface area (Å²) < 4.78 is 57.4. The number of anilines is 1. The van der Waals surface area contributed by atoms with Gasteiger partial charge in [-0.2, -0.15) is 22.5 Å². The second-order valence-electron chi connectivity index (χ2n) is 9.60. The van der Waals surface area contributed by atoms with Crippen LogP contribution in [0.4, 0.5) is 29.3 Å². The van der Waals surface area contributed by atoms with Crippen molar-refractivity contribution < 1.29 is 41.7 Å². The van der Waals surface area contributed by atoms with Gasteiger partial charge >= 0.3 is 13.2 Å². The van der Waals surface area contributed by atoms with Gasteiger partial charge in [0, 0.05) is 37.6 Å². The fourth-order valence-corrected chi connectivity index (χ4v) is 4.37. The Bertz CT molecular complexity index is 980. The van der Waals surface area contributed by atoms with E-state index in [0.29, 0.717) is 25.8 Å². The van der Waals surface area contributed by atoms with Crippen molar-refractivity contribution in [2.24, 2.45) is 10.9 Å². The first-order valence-electron chi connectivity index (χ1n) is 12.8. The van der Waals surface area contributed by atoms with E-state index in [1.54, 1.807) is 13.1 Å². The summed E-state index contributed by atoms with van der Waals surface area (Å²) >= 11 is 0. The van der Waals surface area contributed by atoms with E-state index in [4.69, 9.17) is 0 Å². The number of aliphatic hydroxyl groups excluding tert-OH is 1. The third kappa shape index (κ3) is 10.3. The zero-order valence-electron chi connectivity index (χ0n) is 21.6. The SMILES string of the molecule is C[C@@H](COC(F)F)Nc1ncc(C(=O)N[C@H]2CCN(C(=O)CCOC(F)F)C2)c(/N=C\C2CCC(O)CC2)n1. The number of alkyl halides is 4. The van der Waals surface area contributed by atoms with Crippen molar-refractivity contribution in [1.82, 2.24) is 20.2 Å². The van der Waals surface area contributed by atoms with Gasteiger partial charge in [0.15, 0.2) is 5.82 Å². The summed E-state index contributed by atoms with van der Waals surface area (Å²) in [5.41, 5.74) is 0.0826. The second kappa shape index (κ2) is 15.0. The maximum atomic E-state index is 13.1. The van der Waals surface area contributed by atoms with Gasteiger partial charge in [-0.05, 0) is 44.9 Å². The van der Waals surface area contributed by atoms with E-state index in [1.165, 1.54) is 11.1 Å². The van der Waals surface area contributed by atoms with Crippen LogP contribution in [-0.2, 0) is 14.3 Å². The molecule has 39 heavy (non-hydrogen) atoms. The zero-order chi connectivity index (χ0) is 28.4. The molecule has 11 nitrogen and oxygen atoms in total. The summed E-state index contributed by atoms with van der Waals surface area (Å²) in [6.45, 7) is -4.37. The summed E-state index contributed by atoms with van der Waals surface area (Å²) in [7, 11) is 0. The lowest BCUT2D eigenvalue weighted by Gasteiger charge is -2.22. The van der Waals surface area contributed by atoms with E-state index in [-0.39, 0.29) is 60.9 Å². The third-order valence-electron chi connectivity index (χ3n) is 6.45. The molecule has 218 valence electrons. The van der Waals surface area contributed by atoms with Crippen molar-refractivity contribution in [2.45, 2.75) is 76.9 Å². The van der Waals surface area contributed by atoms with Gasteiger partial charge in [-0.25, -0.2) is 9.98 Å². The quantitative estimate of drug-likeness (QED) is 0.247. The van der Waals surface area contributed by atoms with Crippen molar-refractivity contribution in [3.05, 3.63) is 11.8 Å². The van der Waals surface area contributed by atoms with Gasteiger partial charge in [-0.15, -0.1) is 0 Å². The van der Waals surface area contributed by atoms with E-state index in [2.05, 4.69) is 35.1 Å². The van der Waals surface area contributed by atoms with Gasteiger partial charge in [0.25, 0.3) is 5.91 Å². The lowest BCUT2D eigenvalue weighted by molar-refractivity contribution is -0.143. The molecule has 2 fully saturated rings.